The molecule has 0 amide bonds. The summed E-state index contributed by atoms with van der Waals surface area (Å²) in [5.74, 6) is 0. The standard InChI is InChI=1S/C15H12O3S/c1-10-2-3-11-8-14-9-15(19(16,17)18)5-4-12(14)7-13(11)6-10/h2-9H,1H3,(H,16,17,18). The molecule has 0 fully saturated rings. The van der Waals surface area contributed by atoms with E-state index in [2.05, 4.69) is 6.07 Å². The van der Waals surface area contributed by atoms with Gasteiger partial charge in [0.1, 0.15) is 0 Å². The molecule has 0 heterocycles. The van der Waals surface area contributed by atoms with Crippen molar-refractivity contribution < 1.29 is 13.0 Å². The molecule has 0 saturated heterocycles. The summed E-state index contributed by atoms with van der Waals surface area (Å²) in [5, 5.41) is 3.91. The summed E-state index contributed by atoms with van der Waals surface area (Å²) in [5.41, 5.74) is 1.18. The maximum absolute atomic E-state index is 11.1. The van der Waals surface area contributed by atoms with Crippen LogP contribution in [0.15, 0.2) is 53.4 Å². The molecule has 0 aromatic heterocycles. The Hall–Kier alpha value is -1.91. The Balaban J connectivity index is 2.35. The average Bonchev–Trinajstić information content (AvgIpc) is 2.34. The highest BCUT2D eigenvalue weighted by molar-refractivity contribution is 7.85. The summed E-state index contributed by atoms with van der Waals surface area (Å²) in [6, 6.07) is 14.7. The second kappa shape index (κ2) is 4.05. The van der Waals surface area contributed by atoms with E-state index in [-0.39, 0.29) is 4.90 Å². The topological polar surface area (TPSA) is 54.4 Å². The quantitative estimate of drug-likeness (QED) is 0.544. The highest BCUT2D eigenvalue weighted by Crippen LogP contribution is 2.25. The molecule has 1 N–H and O–H groups in total. The Morgan fingerprint density at radius 1 is 0.789 bits per heavy atom. The van der Waals surface area contributed by atoms with Crippen LogP contribution in [0.2, 0.25) is 0 Å². The molecule has 0 atom stereocenters. The van der Waals surface area contributed by atoms with Crippen LogP contribution in [0, 0.1) is 6.92 Å². The fourth-order valence-corrected chi connectivity index (χ4v) is 2.77. The van der Waals surface area contributed by atoms with Gasteiger partial charge in [0.25, 0.3) is 10.1 Å². The molecule has 0 radical (unpaired) electrons. The molecule has 0 bridgehead atoms. The minimum atomic E-state index is -4.15. The molecule has 0 aliphatic carbocycles. The number of hydrogen-bond acceptors (Lipinski definition) is 2. The van der Waals surface area contributed by atoms with Crippen molar-refractivity contribution in [3.05, 3.63) is 54.1 Å². The van der Waals surface area contributed by atoms with E-state index in [1.807, 2.05) is 31.2 Å². The molecule has 3 rings (SSSR count). The normalized spacial score (nSPS) is 12.1. The van der Waals surface area contributed by atoms with Gasteiger partial charge < -0.3 is 0 Å². The van der Waals surface area contributed by atoms with Crippen molar-refractivity contribution in [2.45, 2.75) is 11.8 Å². The molecule has 0 aliphatic heterocycles. The van der Waals surface area contributed by atoms with Gasteiger partial charge in [-0.15, -0.1) is 0 Å². The number of aryl methyl sites for hydroxylation is 1. The molecule has 3 nitrogen and oxygen atoms in total. The fraction of sp³-hybridized carbons (Fsp3) is 0.0667. The summed E-state index contributed by atoms with van der Waals surface area (Å²) in [4.78, 5) is -0.0774. The maximum atomic E-state index is 11.1. The molecule has 4 heteroatoms. The molecule has 19 heavy (non-hydrogen) atoms. The summed E-state index contributed by atoms with van der Waals surface area (Å²) in [6.45, 7) is 2.03. The van der Waals surface area contributed by atoms with E-state index in [9.17, 15) is 8.42 Å². The van der Waals surface area contributed by atoms with E-state index in [0.717, 1.165) is 21.5 Å². The zero-order valence-electron chi connectivity index (χ0n) is 10.3. The van der Waals surface area contributed by atoms with Gasteiger partial charge in [-0.05, 0) is 52.7 Å². The van der Waals surface area contributed by atoms with Crippen LogP contribution in [0.3, 0.4) is 0 Å². The fourth-order valence-electron chi connectivity index (χ4n) is 2.26. The monoisotopic (exact) mass is 272 g/mol. The van der Waals surface area contributed by atoms with Crippen molar-refractivity contribution in [3.63, 3.8) is 0 Å². The van der Waals surface area contributed by atoms with E-state index in [0.29, 0.717) is 0 Å². The Kier molecular flexibility index (Phi) is 2.59. The highest BCUT2D eigenvalue weighted by atomic mass is 32.2. The second-order valence-electron chi connectivity index (χ2n) is 4.69. The molecule has 0 aliphatic rings. The lowest BCUT2D eigenvalue weighted by molar-refractivity contribution is 0.483. The van der Waals surface area contributed by atoms with Gasteiger partial charge in [0.05, 0.1) is 4.90 Å². The lowest BCUT2D eigenvalue weighted by atomic mass is 10.0. The van der Waals surface area contributed by atoms with E-state index in [1.54, 1.807) is 6.07 Å². The molecule has 0 unspecified atom stereocenters. The van der Waals surface area contributed by atoms with Crippen molar-refractivity contribution >= 4 is 31.7 Å². The Morgan fingerprint density at radius 2 is 1.37 bits per heavy atom. The number of rotatable bonds is 1. The Bertz CT molecular complexity index is 896. The third kappa shape index (κ3) is 2.20. The lowest BCUT2D eigenvalue weighted by Gasteiger charge is -2.05. The van der Waals surface area contributed by atoms with Crippen molar-refractivity contribution in [2.75, 3.05) is 0 Å². The summed E-state index contributed by atoms with van der Waals surface area (Å²) >= 11 is 0. The van der Waals surface area contributed by atoms with E-state index in [1.165, 1.54) is 17.7 Å². The van der Waals surface area contributed by atoms with Crippen LogP contribution in [0.5, 0.6) is 0 Å². The van der Waals surface area contributed by atoms with Crippen LogP contribution < -0.4 is 0 Å². The molecule has 0 saturated carbocycles. The van der Waals surface area contributed by atoms with Crippen LogP contribution in [0.25, 0.3) is 21.5 Å². The SMILES string of the molecule is Cc1ccc2cc3cc(S(=O)(=O)O)ccc3cc2c1. The lowest BCUT2D eigenvalue weighted by Crippen LogP contribution is -1.97. The first-order valence-corrected chi connectivity index (χ1v) is 7.29. The number of fused-ring (bicyclic) bond motifs is 2. The van der Waals surface area contributed by atoms with Crippen LogP contribution in [-0.4, -0.2) is 13.0 Å². The van der Waals surface area contributed by atoms with Crippen molar-refractivity contribution in [2.24, 2.45) is 0 Å². The van der Waals surface area contributed by atoms with Crippen molar-refractivity contribution in [1.29, 1.82) is 0 Å². The van der Waals surface area contributed by atoms with Gasteiger partial charge in [-0.2, -0.15) is 8.42 Å². The molecule has 0 spiro atoms. The van der Waals surface area contributed by atoms with Gasteiger partial charge in [0, 0.05) is 0 Å². The second-order valence-corrected chi connectivity index (χ2v) is 6.11. The smallest absolute Gasteiger partial charge is 0.282 e. The van der Waals surface area contributed by atoms with Gasteiger partial charge >= 0.3 is 0 Å². The third-order valence-electron chi connectivity index (χ3n) is 3.22. The molecule has 3 aromatic carbocycles. The molecule has 3 aromatic rings. The number of hydrogen-bond donors (Lipinski definition) is 1. The first kappa shape index (κ1) is 12.1. The van der Waals surface area contributed by atoms with Crippen molar-refractivity contribution in [1.82, 2.24) is 0 Å². The minimum absolute atomic E-state index is 0.0774. The maximum Gasteiger partial charge on any atom is 0.294 e. The van der Waals surface area contributed by atoms with Gasteiger partial charge in [0.15, 0.2) is 0 Å². The molecular formula is C15H12O3S. The predicted molar refractivity (Wildman–Crippen MR) is 76.0 cm³/mol. The Labute approximate surface area is 111 Å². The van der Waals surface area contributed by atoms with Crippen LogP contribution in [0.4, 0.5) is 0 Å². The molecular weight excluding hydrogens is 260 g/mol. The summed E-state index contributed by atoms with van der Waals surface area (Å²) in [7, 11) is -4.15. The van der Waals surface area contributed by atoms with E-state index >= 15 is 0 Å². The zero-order valence-corrected chi connectivity index (χ0v) is 11.1. The largest absolute Gasteiger partial charge is 0.294 e. The first-order chi connectivity index (χ1) is 8.93. The predicted octanol–water partition coefficient (Wildman–Crippen LogP) is 3.55. The minimum Gasteiger partial charge on any atom is -0.282 e. The van der Waals surface area contributed by atoms with Crippen LogP contribution in [-0.2, 0) is 10.1 Å². The first-order valence-electron chi connectivity index (χ1n) is 5.85. The zero-order chi connectivity index (χ0) is 13.6. The van der Waals surface area contributed by atoms with Gasteiger partial charge in [-0.25, -0.2) is 0 Å². The summed E-state index contributed by atoms with van der Waals surface area (Å²) < 4.78 is 31.4. The van der Waals surface area contributed by atoms with Gasteiger partial charge in [0.2, 0.25) is 0 Å². The van der Waals surface area contributed by atoms with Crippen LogP contribution >= 0.6 is 0 Å². The third-order valence-corrected chi connectivity index (χ3v) is 4.07. The van der Waals surface area contributed by atoms with Gasteiger partial charge in [-0.3, -0.25) is 4.55 Å². The molecule has 96 valence electrons. The summed E-state index contributed by atoms with van der Waals surface area (Å²) in [6.07, 6.45) is 0. The highest BCUT2D eigenvalue weighted by Gasteiger charge is 2.10. The number of benzene rings is 3. The van der Waals surface area contributed by atoms with Gasteiger partial charge in [-0.1, -0.05) is 29.8 Å². The van der Waals surface area contributed by atoms with Crippen molar-refractivity contribution in [3.8, 4) is 0 Å². The van der Waals surface area contributed by atoms with E-state index in [4.69, 9.17) is 4.55 Å². The van der Waals surface area contributed by atoms with Crippen LogP contribution in [0.1, 0.15) is 5.56 Å². The average molecular weight is 272 g/mol. The van der Waals surface area contributed by atoms with E-state index < -0.39 is 10.1 Å². The Morgan fingerprint density at radius 3 is 2.00 bits per heavy atom.